The van der Waals surface area contributed by atoms with Gasteiger partial charge >= 0.3 is 0 Å². The van der Waals surface area contributed by atoms with Crippen LogP contribution in [0.25, 0.3) is 0 Å². The first-order valence-electron chi connectivity index (χ1n) is 6.69. The highest BCUT2D eigenvalue weighted by molar-refractivity contribution is 9.10. The van der Waals surface area contributed by atoms with Crippen LogP contribution in [0, 0.1) is 5.82 Å². The number of aliphatic hydroxyl groups excluding tert-OH is 1. The van der Waals surface area contributed by atoms with Gasteiger partial charge in [-0.3, -0.25) is 0 Å². The van der Waals surface area contributed by atoms with Crippen LogP contribution < -0.4 is 0 Å². The molecule has 0 aliphatic carbocycles. The molecule has 0 aromatic heterocycles. The summed E-state index contributed by atoms with van der Waals surface area (Å²) in [5, 5.41) is 10.3. The molecule has 0 amide bonds. The van der Waals surface area contributed by atoms with Crippen molar-refractivity contribution in [1.82, 2.24) is 0 Å². The van der Waals surface area contributed by atoms with Crippen molar-refractivity contribution >= 4 is 15.9 Å². The Morgan fingerprint density at radius 3 is 2.35 bits per heavy atom. The first-order chi connectivity index (χ1) is 9.47. The van der Waals surface area contributed by atoms with Crippen molar-refractivity contribution < 1.29 is 9.50 Å². The molecule has 1 atom stereocenters. The van der Waals surface area contributed by atoms with Gasteiger partial charge < -0.3 is 5.11 Å². The number of hydrogen-bond donors (Lipinski definition) is 1. The summed E-state index contributed by atoms with van der Waals surface area (Å²) in [6, 6.07) is 12.6. The minimum Gasteiger partial charge on any atom is -0.388 e. The van der Waals surface area contributed by atoms with Gasteiger partial charge in [0.1, 0.15) is 5.82 Å². The standard InChI is InChI=1S/C17H18BrFO/c1-11(2)13-5-3-12(4-6-13)9-17(20)15-10-14(19)7-8-16(15)18/h3-8,10-11,17,20H,9H2,1-2H3. The Morgan fingerprint density at radius 2 is 1.75 bits per heavy atom. The summed E-state index contributed by atoms with van der Waals surface area (Å²) in [4.78, 5) is 0. The minimum absolute atomic E-state index is 0.336. The van der Waals surface area contributed by atoms with E-state index in [2.05, 4.69) is 41.9 Å². The molecule has 1 nitrogen and oxygen atoms in total. The maximum atomic E-state index is 13.3. The summed E-state index contributed by atoms with van der Waals surface area (Å²) in [7, 11) is 0. The Kier molecular flexibility index (Phi) is 4.95. The average molecular weight is 337 g/mol. The van der Waals surface area contributed by atoms with E-state index in [-0.39, 0.29) is 5.82 Å². The zero-order chi connectivity index (χ0) is 14.7. The average Bonchev–Trinajstić information content (AvgIpc) is 2.42. The lowest BCUT2D eigenvalue weighted by Gasteiger charge is -2.14. The molecule has 2 aromatic carbocycles. The van der Waals surface area contributed by atoms with Crippen LogP contribution in [-0.4, -0.2) is 5.11 Å². The Bertz CT molecular complexity index is 578. The summed E-state index contributed by atoms with van der Waals surface area (Å²) in [5.74, 6) is 0.156. The number of benzene rings is 2. The third kappa shape index (κ3) is 3.68. The summed E-state index contributed by atoms with van der Waals surface area (Å²) in [5.41, 5.74) is 2.89. The zero-order valence-corrected chi connectivity index (χ0v) is 13.2. The van der Waals surface area contributed by atoms with E-state index in [0.29, 0.717) is 17.9 Å². The molecule has 0 saturated heterocycles. The van der Waals surface area contributed by atoms with E-state index >= 15 is 0 Å². The lowest BCUT2D eigenvalue weighted by Crippen LogP contribution is -2.03. The molecule has 0 fully saturated rings. The second kappa shape index (κ2) is 6.51. The molecule has 0 aliphatic heterocycles. The van der Waals surface area contributed by atoms with Gasteiger partial charge in [-0.25, -0.2) is 4.39 Å². The van der Waals surface area contributed by atoms with Gasteiger partial charge in [0.2, 0.25) is 0 Å². The Morgan fingerprint density at radius 1 is 1.10 bits per heavy atom. The SMILES string of the molecule is CC(C)c1ccc(CC(O)c2cc(F)ccc2Br)cc1. The summed E-state index contributed by atoms with van der Waals surface area (Å²) in [6.45, 7) is 4.29. The Balaban J connectivity index is 2.14. The fourth-order valence-electron chi connectivity index (χ4n) is 2.14. The molecule has 0 aliphatic rings. The number of aliphatic hydroxyl groups is 1. The fourth-order valence-corrected chi connectivity index (χ4v) is 2.65. The topological polar surface area (TPSA) is 20.2 Å². The van der Waals surface area contributed by atoms with E-state index in [4.69, 9.17) is 0 Å². The third-order valence-corrected chi connectivity index (χ3v) is 4.11. The summed E-state index contributed by atoms with van der Waals surface area (Å²) in [6.07, 6.45) is -0.245. The second-order valence-corrected chi connectivity index (χ2v) is 6.14. The fraction of sp³-hybridized carbons (Fsp3) is 0.294. The molecule has 0 bridgehead atoms. The van der Waals surface area contributed by atoms with E-state index in [9.17, 15) is 9.50 Å². The van der Waals surface area contributed by atoms with Crippen LogP contribution in [0.2, 0.25) is 0 Å². The molecule has 0 heterocycles. The summed E-state index contributed by atoms with van der Waals surface area (Å²) < 4.78 is 14.0. The molecule has 0 spiro atoms. The lowest BCUT2D eigenvalue weighted by atomic mass is 9.97. The van der Waals surface area contributed by atoms with Crippen LogP contribution in [-0.2, 0) is 6.42 Å². The van der Waals surface area contributed by atoms with Crippen molar-refractivity contribution in [2.45, 2.75) is 32.3 Å². The molecule has 2 rings (SSSR count). The van der Waals surface area contributed by atoms with Crippen LogP contribution >= 0.6 is 15.9 Å². The first-order valence-corrected chi connectivity index (χ1v) is 7.48. The first kappa shape index (κ1) is 15.2. The highest BCUT2D eigenvalue weighted by Crippen LogP contribution is 2.27. The second-order valence-electron chi connectivity index (χ2n) is 5.28. The van der Waals surface area contributed by atoms with Gasteiger partial charge in [-0.1, -0.05) is 54.0 Å². The van der Waals surface area contributed by atoms with Crippen LogP contribution in [0.5, 0.6) is 0 Å². The minimum atomic E-state index is -0.718. The molecule has 0 radical (unpaired) electrons. The van der Waals surface area contributed by atoms with Gasteiger partial charge in [0, 0.05) is 10.9 Å². The molecule has 20 heavy (non-hydrogen) atoms. The van der Waals surface area contributed by atoms with Crippen LogP contribution in [0.1, 0.15) is 42.6 Å². The van der Waals surface area contributed by atoms with E-state index in [0.717, 1.165) is 10.0 Å². The van der Waals surface area contributed by atoms with Crippen LogP contribution in [0.4, 0.5) is 4.39 Å². The van der Waals surface area contributed by atoms with Gasteiger partial charge in [-0.15, -0.1) is 0 Å². The molecule has 106 valence electrons. The van der Waals surface area contributed by atoms with Gasteiger partial charge in [-0.2, -0.15) is 0 Å². The van der Waals surface area contributed by atoms with Crippen molar-refractivity contribution in [3.8, 4) is 0 Å². The number of rotatable bonds is 4. The van der Waals surface area contributed by atoms with Crippen molar-refractivity contribution in [1.29, 1.82) is 0 Å². The third-order valence-electron chi connectivity index (χ3n) is 3.39. The molecule has 2 aromatic rings. The van der Waals surface area contributed by atoms with E-state index in [1.165, 1.54) is 17.7 Å². The zero-order valence-electron chi connectivity index (χ0n) is 11.6. The predicted octanol–water partition coefficient (Wildman–Crippen LogP) is 4.99. The molecule has 1 unspecified atom stereocenters. The van der Waals surface area contributed by atoms with Gasteiger partial charge in [-0.05, 0) is 40.8 Å². The maximum Gasteiger partial charge on any atom is 0.123 e. The van der Waals surface area contributed by atoms with E-state index in [1.807, 2.05) is 12.1 Å². The smallest absolute Gasteiger partial charge is 0.123 e. The van der Waals surface area contributed by atoms with Crippen molar-refractivity contribution in [3.63, 3.8) is 0 Å². The van der Waals surface area contributed by atoms with Crippen LogP contribution in [0.15, 0.2) is 46.9 Å². The number of hydrogen-bond acceptors (Lipinski definition) is 1. The molecular formula is C17H18BrFO. The number of halogens is 2. The molecule has 0 saturated carbocycles. The summed E-state index contributed by atoms with van der Waals surface area (Å²) >= 11 is 3.35. The van der Waals surface area contributed by atoms with E-state index < -0.39 is 6.10 Å². The van der Waals surface area contributed by atoms with Crippen molar-refractivity contribution in [2.24, 2.45) is 0 Å². The van der Waals surface area contributed by atoms with Crippen LogP contribution in [0.3, 0.4) is 0 Å². The highest BCUT2D eigenvalue weighted by Gasteiger charge is 2.13. The normalized spacial score (nSPS) is 12.7. The Hall–Kier alpha value is -1.19. The van der Waals surface area contributed by atoms with Crippen molar-refractivity contribution in [3.05, 3.63) is 69.4 Å². The maximum absolute atomic E-state index is 13.3. The van der Waals surface area contributed by atoms with Gasteiger partial charge in [0.05, 0.1) is 6.10 Å². The molecular weight excluding hydrogens is 319 g/mol. The molecule has 1 N–H and O–H groups in total. The quantitative estimate of drug-likeness (QED) is 0.833. The molecule has 3 heteroatoms. The monoisotopic (exact) mass is 336 g/mol. The predicted molar refractivity (Wildman–Crippen MR) is 83.3 cm³/mol. The van der Waals surface area contributed by atoms with Crippen molar-refractivity contribution in [2.75, 3.05) is 0 Å². The van der Waals surface area contributed by atoms with E-state index in [1.54, 1.807) is 6.07 Å². The van der Waals surface area contributed by atoms with Gasteiger partial charge in [0.15, 0.2) is 0 Å². The largest absolute Gasteiger partial charge is 0.388 e. The highest BCUT2D eigenvalue weighted by atomic mass is 79.9. The van der Waals surface area contributed by atoms with Gasteiger partial charge in [0.25, 0.3) is 0 Å². The lowest BCUT2D eigenvalue weighted by molar-refractivity contribution is 0.177. The Labute approximate surface area is 127 Å².